The second-order valence-electron chi connectivity index (χ2n) is 3.87. The lowest BCUT2D eigenvalue weighted by molar-refractivity contribution is 0.0602. The van der Waals surface area contributed by atoms with E-state index in [1.165, 1.54) is 24.8 Å². The van der Waals surface area contributed by atoms with Gasteiger partial charge in [-0.15, -0.1) is 11.3 Å². The first-order valence-electron chi connectivity index (χ1n) is 5.80. The van der Waals surface area contributed by atoms with Crippen LogP contribution < -0.4 is 4.83 Å². The molecule has 0 unspecified atom stereocenters. The van der Waals surface area contributed by atoms with Crippen molar-refractivity contribution in [3.8, 4) is 0 Å². The molecule has 0 atom stereocenters. The van der Waals surface area contributed by atoms with Crippen molar-refractivity contribution in [2.75, 3.05) is 7.11 Å². The van der Waals surface area contributed by atoms with Crippen LogP contribution in [0.3, 0.4) is 0 Å². The van der Waals surface area contributed by atoms with Gasteiger partial charge in [0.15, 0.2) is 0 Å². The number of nitrogens with zero attached hydrogens (tertiary/aromatic N) is 1. The molecule has 6 nitrogen and oxygen atoms in total. The number of benzene rings is 1. The number of rotatable bonds is 5. The normalized spacial score (nSPS) is 11.5. The number of methoxy groups -OCH3 is 1. The molecule has 1 N–H and O–H groups in total. The average Bonchev–Trinajstić information content (AvgIpc) is 2.98. The smallest absolute Gasteiger partial charge is 0.349 e. The summed E-state index contributed by atoms with van der Waals surface area (Å²) in [5, 5.41) is 5.19. The van der Waals surface area contributed by atoms with E-state index in [9.17, 15) is 13.2 Å². The zero-order chi connectivity index (χ0) is 15.3. The third kappa shape index (κ3) is 3.67. The summed E-state index contributed by atoms with van der Waals surface area (Å²) in [6.45, 7) is 0. The third-order valence-electron chi connectivity index (χ3n) is 2.48. The molecule has 0 aliphatic carbocycles. The molecule has 0 aliphatic heterocycles. The van der Waals surface area contributed by atoms with Crippen molar-refractivity contribution in [3.63, 3.8) is 0 Å². The molecule has 0 bridgehead atoms. The molecule has 2 rings (SSSR count). The first-order chi connectivity index (χ1) is 10.0. The van der Waals surface area contributed by atoms with Crippen LogP contribution in [-0.4, -0.2) is 27.7 Å². The van der Waals surface area contributed by atoms with Gasteiger partial charge in [-0.2, -0.15) is 13.5 Å². The number of thiophene rings is 1. The van der Waals surface area contributed by atoms with Crippen LogP contribution in [0.25, 0.3) is 0 Å². The Morgan fingerprint density at radius 2 is 2.00 bits per heavy atom. The van der Waals surface area contributed by atoms with Crippen LogP contribution in [0.4, 0.5) is 0 Å². The van der Waals surface area contributed by atoms with Gasteiger partial charge in [-0.25, -0.2) is 9.63 Å². The molecule has 0 radical (unpaired) electrons. The minimum Gasteiger partial charge on any atom is -0.465 e. The molecule has 1 aromatic heterocycles. The Morgan fingerprint density at radius 1 is 1.29 bits per heavy atom. The van der Waals surface area contributed by atoms with Crippen LogP contribution in [0.15, 0.2) is 51.8 Å². The first-order valence-corrected chi connectivity index (χ1v) is 8.16. The number of ether oxygens (including phenoxy) is 1. The summed E-state index contributed by atoms with van der Waals surface area (Å²) in [6.07, 6.45) is 1.38. The number of nitrogens with one attached hydrogen (secondary N) is 1. The summed E-state index contributed by atoms with van der Waals surface area (Å²) < 4.78 is 28.7. The SMILES string of the molecule is COC(=O)c1sccc1S(=O)(=O)N/N=C/c1ccccc1. The number of hydrogen-bond acceptors (Lipinski definition) is 6. The number of carbonyl (C=O) groups is 1. The molecule has 0 aliphatic rings. The quantitative estimate of drug-likeness (QED) is 0.517. The predicted molar refractivity (Wildman–Crippen MR) is 80.0 cm³/mol. The Balaban J connectivity index is 2.18. The van der Waals surface area contributed by atoms with E-state index in [2.05, 4.69) is 14.7 Å². The van der Waals surface area contributed by atoms with Gasteiger partial charge in [0.1, 0.15) is 9.77 Å². The minimum atomic E-state index is -3.91. The molecule has 0 amide bonds. The van der Waals surface area contributed by atoms with E-state index in [0.717, 1.165) is 16.9 Å². The van der Waals surface area contributed by atoms with Crippen molar-refractivity contribution in [1.29, 1.82) is 0 Å². The molecular formula is C13H12N2O4S2. The Morgan fingerprint density at radius 3 is 2.67 bits per heavy atom. The molecule has 0 fully saturated rings. The van der Waals surface area contributed by atoms with E-state index in [1.807, 2.05) is 18.2 Å². The van der Waals surface area contributed by atoms with Gasteiger partial charge in [-0.1, -0.05) is 30.3 Å². The van der Waals surface area contributed by atoms with Gasteiger partial charge < -0.3 is 4.74 Å². The Kier molecular flexibility index (Phi) is 4.71. The second-order valence-corrected chi connectivity index (χ2v) is 6.41. The highest BCUT2D eigenvalue weighted by molar-refractivity contribution is 7.89. The van der Waals surface area contributed by atoms with Crippen molar-refractivity contribution in [3.05, 3.63) is 52.2 Å². The molecule has 8 heteroatoms. The van der Waals surface area contributed by atoms with Crippen LogP contribution in [0.1, 0.15) is 15.2 Å². The summed E-state index contributed by atoms with van der Waals surface area (Å²) in [5.74, 6) is -0.697. The monoisotopic (exact) mass is 324 g/mol. The van der Waals surface area contributed by atoms with E-state index < -0.39 is 16.0 Å². The van der Waals surface area contributed by atoms with E-state index in [1.54, 1.807) is 12.1 Å². The lowest BCUT2D eigenvalue weighted by atomic mass is 10.2. The molecule has 1 heterocycles. The van der Waals surface area contributed by atoms with Crippen molar-refractivity contribution in [1.82, 2.24) is 4.83 Å². The van der Waals surface area contributed by atoms with Crippen LogP contribution >= 0.6 is 11.3 Å². The largest absolute Gasteiger partial charge is 0.465 e. The molecule has 0 saturated heterocycles. The molecule has 21 heavy (non-hydrogen) atoms. The zero-order valence-electron chi connectivity index (χ0n) is 11.0. The maximum atomic E-state index is 12.1. The van der Waals surface area contributed by atoms with Crippen molar-refractivity contribution < 1.29 is 17.9 Å². The van der Waals surface area contributed by atoms with E-state index in [0.29, 0.717) is 0 Å². The second kappa shape index (κ2) is 6.51. The molecule has 0 saturated carbocycles. The number of esters is 1. The van der Waals surface area contributed by atoms with Crippen LogP contribution in [0.2, 0.25) is 0 Å². The lowest BCUT2D eigenvalue weighted by Crippen LogP contribution is -2.20. The van der Waals surface area contributed by atoms with Crippen LogP contribution in [0, 0.1) is 0 Å². The van der Waals surface area contributed by atoms with Gasteiger partial charge in [-0.3, -0.25) is 0 Å². The number of carbonyl (C=O) groups excluding carboxylic acids is 1. The van der Waals surface area contributed by atoms with E-state index >= 15 is 0 Å². The maximum absolute atomic E-state index is 12.1. The lowest BCUT2D eigenvalue weighted by Gasteiger charge is -2.03. The van der Waals surface area contributed by atoms with Crippen molar-refractivity contribution >= 4 is 33.5 Å². The molecule has 0 spiro atoms. The predicted octanol–water partition coefficient (Wildman–Crippen LogP) is 1.85. The molecule has 1 aromatic carbocycles. The molecule has 2 aromatic rings. The van der Waals surface area contributed by atoms with Gasteiger partial charge in [-0.05, 0) is 17.0 Å². The van der Waals surface area contributed by atoms with Gasteiger partial charge in [0.2, 0.25) is 0 Å². The average molecular weight is 324 g/mol. The van der Waals surface area contributed by atoms with Gasteiger partial charge >= 0.3 is 5.97 Å². The van der Waals surface area contributed by atoms with Crippen LogP contribution in [0.5, 0.6) is 0 Å². The fourth-order valence-electron chi connectivity index (χ4n) is 1.51. The Bertz CT molecular complexity index is 751. The van der Waals surface area contributed by atoms with E-state index in [-0.39, 0.29) is 9.77 Å². The number of sulfonamides is 1. The fourth-order valence-corrected chi connectivity index (χ4v) is 3.64. The fraction of sp³-hybridized carbons (Fsp3) is 0.0769. The highest BCUT2D eigenvalue weighted by atomic mass is 32.2. The summed E-state index contributed by atoms with van der Waals surface area (Å²) in [5.41, 5.74) is 0.749. The van der Waals surface area contributed by atoms with Gasteiger partial charge in [0.05, 0.1) is 13.3 Å². The highest BCUT2D eigenvalue weighted by Crippen LogP contribution is 2.22. The van der Waals surface area contributed by atoms with Gasteiger partial charge in [0.25, 0.3) is 10.0 Å². The minimum absolute atomic E-state index is 0.0138. The highest BCUT2D eigenvalue weighted by Gasteiger charge is 2.24. The van der Waals surface area contributed by atoms with Gasteiger partial charge in [0, 0.05) is 0 Å². The third-order valence-corrected chi connectivity index (χ3v) is 4.76. The van der Waals surface area contributed by atoms with E-state index in [4.69, 9.17) is 0 Å². The number of hydrazone groups is 1. The summed E-state index contributed by atoms with van der Waals surface area (Å²) in [4.78, 5) is 13.4. The summed E-state index contributed by atoms with van der Waals surface area (Å²) >= 11 is 0.993. The molecular weight excluding hydrogens is 312 g/mol. The Labute approximate surface area is 126 Å². The maximum Gasteiger partial charge on any atom is 0.349 e. The Hall–Kier alpha value is -2.19. The number of hydrogen-bond donors (Lipinski definition) is 1. The summed E-state index contributed by atoms with van der Waals surface area (Å²) in [6, 6.07) is 10.4. The zero-order valence-corrected chi connectivity index (χ0v) is 12.6. The van der Waals surface area contributed by atoms with Crippen LogP contribution in [-0.2, 0) is 14.8 Å². The van der Waals surface area contributed by atoms with Crippen molar-refractivity contribution in [2.24, 2.45) is 5.10 Å². The first kappa shape index (κ1) is 15.2. The standard InChI is InChI=1S/C13H12N2O4S2/c1-19-13(16)12-11(7-8-20-12)21(17,18)15-14-9-10-5-3-2-4-6-10/h2-9,15H,1H3/b14-9+. The van der Waals surface area contributed by atoms with Crippen molar-refractivity contribution in [2.45, 2.75) is 4.90 Å². The summed E-state index contributed by atoms with van der Waals surface area (Å²) in [7, 11) is -2.72. The topological polar surface area (TPSA) is 84.8 Å². The molecule has 110 valence electrons.